The molecule has 6 nitrogen and oxygen atoms in total. The minimum absolute atomic E-state index is 0.221. The summed E-state index contributed by atoms with van der Waals surface area (Å²) in [5, 5.41) is 0. The highest BCUT2D eigenvalue weighted by atomic mass is 16.6. The largest absolute Gasteiger partial charge is 0.491 e. The van der Waals surface area contributed by atoms with E-state index in [4.69, 9.17) is 28.9 Å². The number of benzene rings is 2. The zero-order chi connectivity index (χ0) is 23.2. The van der Waals surface area contributed by atoms with Gasteiger partial charge in [0.05, 0.1) is 30.0 Å². The van der Waals surface area contributed by atoms with Crippen molar-refractivity contribution in [1.29, 1.82) is 0 Å². The smallest absolute Gasteiger partial charge is 0.119 e. The minimum atomic E-state index is -0.552. The third-order valence-electron chi connectivity index (χ3n) is 6.90. The second-order valence-corrected chi connectivity index (χ2v) is 9.13. The van der Waals surface area contributed by atoms with E-state index in [2.05, 4.69) is 36.4 Å². The van der Waals surface area contributed by atoms with E-state index < -0.39 is 5.41 Å². The normalized spacial score (nSPS) is 20.6. The average Bonchev–Trinajstić information content (AvgIpc) is 3.85. The number of pyridine rings is 2. The van der Waals surface area contributed by atoms with E-state index in [1.807, 2.05) is 48.8 Å². The fourth-order valence-corrected chi connectivity index (χ4v) is 5.04. The van der Waals surface area contributed by atoms with Crippen molar-refractivity contribution in [2.24, 2.45) is 0 Å². The molecule has 0 radical (unpaired) electrons. The first kappa shape index (κ1) is 20.6. The molecule has 0 amide bonds. The SMILES string of the molecule is c1cnc2c(c1)C(c1ccc(OCC3CO3)cc1)(c1ccc(OCC3CO3)cc1)c1cccnc1-2. The van der Waals surface area contributed by atoms with Crippen molar-refractivity contribution in [3.8, 4) is 22.9 Å². The number of aromatic nitrogens is 2. The van der Waals surface area contributed by atoms with Crippen LogP contribution < -0.4 is 9.47 Å². The fourth-order valence-electron chi connectivity index (χ4n) is 5.04. The zero-order valence-electron chi connectivity index (χ0n) is 19.1. The van der Waals surface area contributed by atoms with Gasteiger partial charge < -0.3 is 18.9 Å². The van der Waals surface area contributed by atoms with Crippen LogP contribution in [0.15, 0.2) is 85.2 Å². The molecule has 3 aliphatic rings. The lowest BCUT2D eigenvalue weighted by Gasteiger charge is -2.33. The molecule has 4 aromatic rings. The van der Waals surface area contributed by atoms with E-state index in [-0.39, 0.29) is 12.2 Å². The number of hydrogen-bond donors (Lipinski definition) is 0. The molecular weight excluding hydrogens is 440 g/mol. The van der Waals surface area contributed by atoms with Crippen molar-refractivity contribution in [2.45, 2.75) is 17.6 Å². The lowest BCUT2D eigenvalue weighted by atomic mass is 9.68. The third kappa shape index (κ3) is 3.57. The number of nitrogens with zero attached hydrogens (tertiary/aromatic N) is 2. The Hall–Kier alpha value is -3.74. The molecular formula is C29H24N2O4. The third-order valence-corrected chi connectivity index (χ3v) is 6.90. The van der Waals surface area contributed by atoms with Gasteiger partial charge in [-0.3, -0.25) is 9.97 Å². The predicted octanol–water partition coefficient (Wildman–Crippen LogP) is 4.39. The molecule has 4 heterocycles. The molecule has 1 aliphatic carbocycles. The van der Waals surface area contributed by atoms with Gasteiger partial charge in [0.2, 0.25) is 0 Å². The van der Waals surface area contributed by atoms with Gasteiger partial charge in [-0.25, -0.2) is 0 Å². The van der Waals surface area contributed by atoms with Crippen LogP contribution in [-0.4, -0.2) is 48.6 Å². The van der Waals surface area contributed by atoms with Crippen LogP contribution in [0, 0.1) is 0 Å². The van der Waals surface area contributed by atoms with Crippen molar-refractivity contribution in [1.82, 2.24) is 9.97 Å². The van der Waals surface area contributed by atoms with Crippen molar-refractivity contribution >= 4 is 0 Å². The monoisotopic (exact) mass is 464 g/mol. The quantitative estimate of drug-likeness (QED) is 0.317. The molecule has 2 aliphatic heterocycles. The summed E-state index contributed by atoms with van der Waals surface area (Å²) in [4.78, 5) is 9.51. The van der Waals surface area contributed by atoms with E-state index in [0.717, 1.165) is 58.4 Å². The van der Waals surface area contributed by atoms with Gasteiger partial charge in [0, 0.05) is 12.4 Å². The van der Waals surface area contributed by atoms with Gasteiger partial charge >= 0.3 is 0 Å². The topological polar surface area (TPSA) is 69.3 Å². The lowest BCUT2D eigenvalue weighted by molar-refractivity contribution is 0.263. The molecule has 35 heavy (non-hydrogen) atoms. The summed E-state index contributed by atoms with van der Waals surface area (Å²) in [6.45, 7) is 2.72. The molecule has 2 saturated heterocycles. The van der Waals surface area contributed by atoms with E-state index >= 15 is 0 Å². The molecule has 174 valence electrons. The minimum Gasteiger partial charge on any atom is -0.491 e. The molecule has 2 aromatic heterocycles. The highest BCUT2D eigenvalue weighted by molar-refractivity contribution is 5.81. The molecule has 0 N–H and O–H groups in total. The van der Waals surface area contributed by atoms with Gasteiger partial charge in [0.1, 0.15) is 36.9 Å². The van der Waals surface area contributed by atoms with Crippen LogP contribution >= 0.6 is 0 Å². The van der Waals surface area contributed by atoms with Gasteiger partial charge in [-0.15, -0.1) is 0 Å². The van der Waals surface area contributed by atoms with E-state index in [0.29, 0.717) is 13.2 Å². The first-order chi connectivity index (χ1) is 17.3. The van der Waals surface area contributed by atoms with Crippen LogP contribution in [0.5, 0.6) is 11.5 Å². The number of hydrogen-bond acceptors (Lipinski definition) is 6. The molecule has 0 saturated carbocycles. The summed E-state index contributed by atoms with van der Waals surface area (Å²) in [6, 6.07) is 25.1. The Morgan fingerprint density at radius 3 is 1.49 bits per heavy atom. The Bertz CT molecular complexity index is 1260. The Labute approximate surface area is 203 Å². The number of rotatable bonds is 8. The molecule has 7 rings (SSSR count). The highest BCUT2D eigenvalue weighted by Crippen LogP contribution is 2.54. The van der Waals surface area contributed by atoms with E-state index in [9.17, 15) is 0 Å². The number of epoxide rings is 2. The second kappa shape index (κ2) is 8.18. The van der Waals surface area contributed by atoms with Crippen LogP contribution in [0.2, 0.25) is 0 Å². The lowest BCUT2D eigenvalue weighted by Crippen LogP contribution is -2.28. The number of ether oxygens (including phenoxy) is 4. The molecule has 2 fully saturated rings. The maximum absolute atomic E-state index is 5.92. The average molecular weight is 465 g/mol. The second-order valence-electron chi connectivity index (χ2n) is 9.13. The maximum Gasteiger partial charge on any atom is 0.119 e. The van der Waals surface area contributed by atoms with Gasteiger partial charge in [0.25, 0.3) is 0 Å². The first-order valence-corrected chi connectivity index (χ1v) is 11.9. The zero-order valence-corrected chi connectivity index (χ0v) is 19.1. The van der Waals surface area contributed by atoms with Crippen molar-refractivity contribution < 1.29 is 18.9 Å². The van der Waals surface area contributed by atoms with Crippen molar-refractivity contribution in [3.63, 3.8) is 0 Å². The summed E-state index contributed by atoms with van der Waals surface area (Å²) in [5.74, 6) is 1.67. The highest BCUT2D eigenvalue weighted by Gasteiger charge is 2.47. The van der Waals surface area contributed by atoms with Gasteiger partial charge in [0.15, 0.2) is 0 Å². The Balaban J connectivity index is 1.35. The fraction of sp³-hybridized carbons (Fsp3) is 0.241. The molecule has 0 spiro atoms. The van der Waals surface area contributed by atoms with Crippen LogP contribution in [0.1, 0.15) is 22.3 Å². The summed E-state index contributed by atoms with van der Waals surface area (Å²) in [6.07, 6.45) is 4.11. The first-order valence-electron chi connectivity index (χ1n) is 11.9. The van der Waals surface area contributed by atoms with Crippen LogP contribution in [0.3, 0.4) is 0 Å². The molecule has 2 unspecified atom stereocenters. The Kier molecular flexibility index (Phi) is 4.82. The molecule has 6 heteroatoms. The van der Waals surface area contributed by atoms with E-state index in [1.165, 1.54) is 0 Å². The summed E-state index contributed by atoms with van der Waals surface area (Å²) < 4.78 is 22.4. The summed E-state index contributed by atoms with van der Waals surface area (Å²) in [5.41, 5.74) is 5.79. The molecule has 0 bridgehead atoms. The standard InChI is InChI=1S/C29H24N2O4/c1-3-25-27(30-13-1)28-26(4-2-14-31-28)29(25,19-5-9-21(10-6-19)32-15-23-17-34-23)20-7-11-22(12-8-20)33-16-24-18-35-24/h1-14,23-24H,15-18H2. The van der Waals surface area contributed by atoms with Crippen molar-refractivity contribution in [3.05, 3.63) is 107 Å². The maximum atomic E-state index is 5.92. The summed E-state index contributed by atoms with van der Waals surface area (Å²) in [7, 11) is 0. The molecule has 2 atom stereocenters. The Morgan fingerprint density at radius 2 is 1.09 bits per heavy atom. The predicted molar refractivity (Wildman–Crippen MR) is 130 cm³/mol. The van der Waals surface area contributed by atoms with E-state index in [1.54, 1.807) is 0 Å². The van der Waals surface area contributed by atoms with Gasteiger partial charge in [-0.1, -0.05) is 36.4 Å². The van der Waals surface area contributed by atoms with Gasteiger partial charge in [-0.2, -0.15) is 0 Å². The number of fused-ring (bicyclic) bond motifs is 3. The van der Waals surface area contributed by atoms with Crippen LogP contribution in [0.4, 0.5) is 0 Å². The van der Waals surface area contributed by atoms with Gasteiger partial charge in [-0.05, 0) is 58.7 Å². The van der Waals surface area contributed by atoms with Crippen LogP contribution in [0.25, 0.3) is 11.4 Å². The van der Waals surface area contributed by atoms with Crippen molar-refractivity contribution in [2.75, 3.05) is 26.4 Å². The Morgan fingerprint density at radius 1 is 0.657 bits per heavy atom. The summed E-state index contributed by atoms with van der Waals surface area (Å²) >= 11 is 0. The van der Waals surface area contributed by atoms with Crippen LogP contribution in [-0.2, 0) is 14.9 Å². The molecule has 2 aromatic carbocycles.